The Labute approximate surface area is 116 Å². The molecule has 19 heavy (non-hydrogen) atoms. The van der Waals surface area contributed by atoms with E-state index in [2.05, 4.69) is 45.0 Å². The van der Waals surface area contributed by atoms with Crippen LogP contribution in [-0.2, 0) is 4.79 Å². The fourth-order valence-corrected chi connectivity index (χ4v) is 2.30. The zero-order chi connectivity index (χ0) is 14.6. The molecular weight excluding hydrogens is 238 g/mol. The standard InChI is InChI=1S/C16H25NO2/c1-6-15(16(18)19)17(5)12(4)14-9-7-13(8-10-14)11(2)3/h7-12,15H,6H2,1-5H3,(H,18,19). The number of hydrogen-bond acceptors (Lipinski definition) is 2. The molecule has 0 radical (unpaired) electrons. The van der Waals surface area contributed by atoms with E-state index in [1.165, 1.54) is 5.56 Å². The molecule has 106 valence electrons. The molecule has 1 rings (SSSR count). The number of aliphatic carboxylic acids is 1. The summed E-state index contributed by atoms with van der Waals surface area (Å²) < 4.78 is 0. The highest BCUT2D eigenvalue weighted by Gasteiger charge is 2.25. The summed E-state index contributed by atoms with van der Waals surface area (Å²) in [5.74, 6) is -0.236. The quantitative estimate of drug-likeness (QED) is 0.851. The number of carboxylic acids is 1. The maximum absolute atomic E-state index is 11.2. The van der Waals surface area contributed by atoms with E-state index < -0.39 is 12.0 Å². The lowest BCUT2D eigenvalue weighted by molar-refractivity contribution is -0.143. The molecule has 0 amide bonds. The van der Waals surface area contributed by atoms with Crippen LogP contribution in [0.25, 0.3) is 0 Å². The largest absolute Gasteiger partial charge is 0.480 e. The van der Waals surface area contributed by atoms with E-state index in [0.717, 1.165) is 5.56 Å². The van der Waals surface area contributed by atoms with Crippen molar-refractivity contribution < 1.29 is 9.90 Å². The van der Waals surface area contributed by atoms with Crippen molar-refractivity contribution in [3.05, 3.63) is 35.4 Å². The van der Waals surface area contributed by atoms with Crippen molar-refractivity contribution in [1.82, 2.24) is 4.90 Å². The Morgan fingerprint density at radius 3 is 2.00 bits per heavy atom. The highest BCUT2D eigenvalue weighted by atomic mass is 16.4. The van der Waals surface area contributed by atoms with Crippen molar-refractivity contribution in [3.63, 3.8) is 0 Å². The molecule has 1 N–H and O–H groups in total. The van der Waals surface area contributed by atoms with Crippen LogP contribution in [0, 0.1) is 0 Å². The third-order valence-corrected chi connectivity index (χ3v) is 3.86. The van der Waals surface area contributed by atoms with Gasteiger partial charge in [-0.1, -0.05) is 45.0 Å². The van der Waals surface area contributed by atoms with Crippen LogP contribution < -0.4 is 0 Å². The number of likely N-dealkylation sites (N-methyl/N-ethyl adjacent to an activating group) is 1. The molecule has 2 unspecified atom stereocenters. The zero-order valence-electron chi connectivity index (χ0n) is 12.6. The van der Waals surface area contributed by atoms with Crippen molar-refractivity contribution in [1.29, 1.82) is 0 Å². The Morgan fingerprint density at radius 2 is 1.63 bits per heavy atom. The zero-order valence-corrected chi connectivity index (χ0v) is 12.6. The summed E-state index contributed by atoms with van der Waals surface area (Å²) in [6, 6.07) is 8.14. The smallest absolute Gasteiger partial charge is 0.320 e. The van der Waals surface area contributed by atoms with Gasteiger partial charge in [0.05, 0.1) is 0 Å². The van der Waals surface area contributed by atoms with E-state index in [0.29, 0.717) is 12.3 Å². The maximum Gasteiger partial charge on any atom is 0.320 e. The summed E-state index contributed by atoms with van der Waals surface area (Å²) in [7, 11) is 1.88. The van der Waals surface area contributed by atoms with Gasteiger partial charge in [-0.3, -0.25) is 9.69 Å². The van der Waals surface area contributed by atoms with Gasteiger partial charge in [-0.2, -0.15) is 0 Å². The third kappa shape index (κ3) is 3.80. The first-order valence-electron chi connectivity index (χ1n) is 6.93. The van der Waals surface area contributed by atoms with E-state index in [-0.39, 0.29) is 6.04 Å². The third-order valence-electron chi connectivity index (χ3n) is 3.86. The van der Waals surface area contributed by atoms with Gasteiger partial charge >= 0.3 is 5.97 Å². The van der Waals surface area contributed by atoms with Crippen LogP contribution in [0.4, 0.5) is 0 Å². The molecule has 3 nitrogen and oxygen atoms in total. The van der Waals surface area contributed by atoms with E-state index in [1.54, 1.807) is 0 Å². The normalized spacial score (nSPS) is 14.7. The molecule has 0 aliphatic carbocycles. The van der Waals surface area contributed by atoms with Crippen molar-refractivity contribution in [3.8, 4) is 0 Å². The number of carboxylic acid groups (broad SMARTS) is 1. The lowest BCUT2D eigenvalue weighted by Crippen LogP contribution is -2.39. The number of nitrogens with zero attached hydrogens (tertiary/aromatic N) is 1. The van der Waals surface area contributed by atoms with Gasteiger partial charge in [0.1, 0.15) is 6.04 Å². The van der Waals surface area contributed by atoms with Crippen LogP contribution in [0.2, 0.25) is 0 Å². The monoisotopic (exact) mass is 263 g/mol. The highest BCUT2D eigenvalue weighted by Crippen LogP contribution is 2.24. The lowest BCUT2D eigenvalue weighted by Gasteiger charge is -2.30. The average molecular weight is 263 g/mol. The molecule has 0 aliphatic heterocycles. The molecule has 1 aromatic rings. The molecule has 0 spiro atoms. The molecule has 2 atom stereocenters. The highest BCUT2D eigenvalue weighted by molar-refractivity contribution is 5.73. The predicted octanol–water partition coefficient (Wildman–Crippen LogP) is 3.67. The first-order valence-corrected chi connectivity index (χ1v) is 6.93. The second-order valence-corrected chi connectivity index (χ2v) is 5.43. The van der Waals surface area contributed by atoms with Crippen LogP contribution in [0.3, 0.4) is 0 Å². The van der Waals surface area contributed by atoms with Gasteiger partial charge in [-0.25, -0.2) is 0 Å². The Bertz CT molecular complexity index is 411. The van der Waals surface area contributed by atoms with Crippen LogP contribution in [0.5, 0.6) is 0 Å². The van der Waals surface area contributed by atoms with E-state index in [9.17, 15) is 9.90 Å². The van der Waals surface area contributed by atoms with Crippen molar-refractivity contribution in [2.45, 2.75) is 52.1 Å². The molecular formula is C16H25NO2. The molecule has 0 saturated carbocycles. The molecule has 0 fully saturated rings. The Morgan fingerprint density at radius 1 is 1.16 bits per heavy atom. The molecule has 0 saturated heterocycles. The SMILES string of the molecule is CCC(C(=O)O)N(C)C(C)c1ccc(C(C)C)cc1. The molecule has 0 aliphatic rings. The Kier molecular flexibility index (Phi) is 5.55. The van der Waals surface area contributed by atoms with E-state index in [4.69, 9.17) is 0 Å². The van der Waals surface area contributed by atoms with E-state index in [1.807, 2.05) is 18.9 Å². The molecule has 3 heteroatoms. The number of rotatable bonds is 6. The van der Waals surface area contributed by atoms with Gasteiger partial charge in [0.15, 0.2) is 0 Å². The first-order chi connectivity index (χ1) is 8.88. The summed E-state index contributed by atoms with van der Waals surface area (Å²) in [5, 5.41) is 9.21. The molecule has 0 heterocycles. The van der Waals surface area contributed by atoms with Gasteiger partial charge in [-0.15, -0.1) is 0 Å². The molecule has 0 bridgehead atoms. The first kappa shape index (κ1) is 15.7. The van der Waals surface area contributed by atoms with E-state index >= 15 is 0 Å². The fraction of sp³-hybridized carbons (Fsp3) is 0.562. The fourth-order valence-electron chi connectivity index (χ4n) is 2.30. The number of carbonyl (C=O) groups is 1. The Hall–Kier alpha value is -1.35. The van der Waals surface area contributed by atoms with Crippen molar-refractivity contribution in [2.75, 3.05) is 7.05 Å². The van der Waals surface area contributed by atoms with Gasteiger partial charge in [-0.05, 0) is 37.4 Å². The topological polar surface area (TPSA) is 40.5 Å². The second-order valence-electron chi connectivity index (χ2n) is 5.43. The Balaban J connectivity index is 2.87. The van der Waals surface area contributed by atoms with Gasteiger partial charge < -0.3 is 5.11 Å². The summed E-state index contributed by atoms with van der Waals surface area (Å²) >= 11 is 0. The summed E-state index contributed by atoms with van der Waals surface area (Å²) in [5.41, 5.74) is 2.47. The van der Waals surface area contributed by atoms with Gasteiger partial charge in [0.25, 0.3) is 0 Å². The average Bonchev–Trinajstić information content (AvgIpc) is 2.38. The van der Waals surface area contributed by atoms with Crippen molar-refractivity contribution >= 4 is 5.97 Å². The predicted molar refractivity (Wildman–Crippen MR) is 78.4 cm³/mol. The number of hydrogen-bond donors (Lipinski definition) is 1. The lowest BCUT2D eigenvalue weighted by atomic mass is 9.98. The minimum atomic E-state index is -0.754. The molecule has 1 aromatic carbocycles. The van der Waals surface area contributed by atoms with Crippen LogP contribution in [0.1, 0.15) is 57.2 Å². The molecule has 0 aromatic heterocycles. The summed E-state index contributed by atoms with van der Waals surface area (Å²) in [4.78, 5) is 13.1. The van der Waals surface area contributed by atoms with Gasteiger partial charge in [0, 0.05) is 6.04 Å². The summed E-state index contributed by atoms with van der Waals surface area (Å²) in [6.45, 7) is 8.30. The minimum Gasteiger partial charge on any atom is -0.480 e. The maximum atomic E-state index is 11.2. The van der Waals surface area contributed by atoms with Crippen LogP contribution in [-0.4, -0.2) is 29.1 Å². The van der Waals surface area contributed by atoms with Crippen LogP contribution >= 0.6 is 0 Å². The second kappa shape index (κ2) is 6.71. The summed E-state index contributed by atoms with van der Waals surface area (Å²) in [6.07, 6.45) is 0.611. The number of benzene rings is 1. The van der Waals surface area contributed by atoms with Gasteiger partial charge in [0.2, 0.25) is 0 Å². The minimum absolute atomic E-state index is 0.0993. The van der Waals surface area contributed by atoms with Crippen molar-refractivity contribution in [2.24, 2.45) is 0 Å². The van der Waals surface area contributed by atoms with Crippen LogP contribution in [0.15, 0.2) is 24.3 Å².